The fraction of sp³-hybridized carbons (Fsp3) is 0.714. The lowest BCUT2D eigenvalue weighted by Crippen LogP contribution is -1.90. The van der Waals surface area contributed by atoms with Crippen LogP contribution in [0.4, 0.5) is 0 Å². The molecule has 0 aromatic carbocycles. The van der Waals surface area contributed by atoms with E-state index in [-0.39, 0.29) is 0 Å². The number of hydrogen-bond donors (Lipinski definition) is 0. The molecule has 0 N–H and O–H groups in total. The summed E-state index contributed by atoms with van der Waals surface area (Å²) in [6, 6.07) is 0. The molecule has 0 saturated heterocycles. The summed E-state index contributed by atoms with van der Waals surface area (Å²) in [6.07, 6.45) is 1.04. The highest BCUT2D eigenvalue weighted by Gasteiger charge is 2.09. The lowest BCUT2D eigenvalue weighted by atomic mass is 10.1. The van der Waals surface area contributed by atoms with Gasteiger partial charge in [-0.1, -0.05) is 19.0 Å². The van der Waals surface area contributed by atoms with Crippen LogP contribution in [0.1, 0.15) is 37.9 Å². The molecule has 0 aliphatic carbocycles. The summed E-state index contributed by atoms with van der Waals surface area (Å²) < 4.78 is 4.96. The topological polar surface area (TPSA) is 38.9 Å². The Labute approximate surface area is 60.4 Å². The third-order valence-electron chi connectivity index (χ3n) is 1.58. The van der Waals surface area contributed by atoms with E-state index in [9.17, 15) is 0 Å². The second kappa shape index (κ2) is 2.82. The SMILES string of the molecule is CCC(C)c1nc(C)no1. The average Bonchev–Trinajstić information content (AvgIpc) is 2.34. The van der Waals surface area contributed by atoms with Crippen molar-refractivity contribution in [3.8, 4) is 0 Å². The summed E-state index contributed by atoms with van der Waals surface area (Å²) >= 11 is 0. The number of nitrogens with zero attached hydrogens (tertiary/aromatic N) is 2. The van der Waals surface area contributed by atoms with Gasteiger partial charge in [-0.05, 0) is 13.3 Å². The normalized spacial score (nSPS) is 13.5. The zero-order valence-corrected chi connectivity index (χ0v) is 6.59. The molecular formula is C7H12N2O. The van der Waals surface area contributed by atoms with Crippen molar-refractivity contribution in [2.45, 2.75) is 33.1 Å². The van der Waals surface area contributed by atoms with Crippen molar-refractivity contribution in [3.05, 3.63) is 11.7 Å². The third-order valence-corrected chi connectivity index (χ3v) is 1.58. The first-order valence-electron chi connectivity index (χ1n) is 3.54. The Kier molecular flexibility index (Phi) is 2.04. The molecule has 1 atom stereocenters. The predicted octanol–water partition coefficient (Wildman–Crippen LogP) is 1.89. The second-order valence-electron chi connectivity index (χ2n) is 2.49. The first-order chi connectivity index (χ1) is 4.74. The zero-order chi connectivity index (χ0) is 7.56. The number of rotatable bonds is 2. The molecular weight excluding hydrogens is 128 g/mol. The van der Waals surface area contributed by atoms with Crippen LogP contribution in [0.3, 0.4) is 0 Å². The van der Waals surface area contributed by atoms with Gasteiger partial charge in [0.25, 0.3) is 0 Å². The molecule has 1 rings (SSSR count). The third kappa shape index (κ3) is 1.35. The van der Waals surface area contributed by atoms with Gasteiger partial charge in [0.1, 0.15) is 0 Å². The van der Waals surface area contributed by atoms with Crippen LogP contribution >= 0.6 is 0 Å². The number of aryl methyl sites for hydroxylation is 1. The van der Waals surface area contributed by atoms with Crippen LogP contribution in [0.25, 0.3) is 0 Å². The van der Waals surface area contributed by atoms with Crippen molar-refractivity contribution in [1.82, 2.24) is 10.1 Å². The van der Waals surface area contributed by atoms with Gasteiger partial charge in [0.15, 0.2) is 5.82 Å². The van der Waals surface area contributed by atoms with Gasteiger partial charge in [0.05, 0.1) is 0 Å². The van der Waals surface area contributed by atoms with E-state index in [1.165, 1.54) is 0 Å². The summed E-state index contributed by atoms with van der Waals surface area (Å²) in [6.45, 7) is 6.01. The largest absolute Gasteiger partial charge is 0.339 e. The zero-order valence-electron chi connectivity index (χ0n) is 6.59. The highest BCUT2D eigenvalue weighted by molar-refractivity contribution is 4.89. The van der Waals surface area contributed by atoms with Crippen molar-refractivity contribution >= 4 is 0 Å². The van der Waals surface area contributed by atoms with Gasteiger partial charge in [0, 0.05) is 5.92 Å². The van der Waals surface area contributed by atoms with Gasteiger partial charge in [0.2, 0.25) is 5.89 Å². The minimum atomic E-state index is 0.390. The predicted molar refractivity (Wildman–Crippen MR) is 37.7 cm³/mol. The molecule has 3 nitrogen and oxygen atoms in total. The van der Waals surface area contributed by atoms with E-state index >= 15 is 0 Å². The van der Waals surface area contributed by atoms with E-state index in [0.717, 1.165) is 18.1 Å². The van der Waals surface area contributed by atoms with E-state index in [1.54, 1.807) is 0 Å². The quantitative estimate of drug-likeness (QED) is 0.629. The van der Waals surface area contributed by atoms with Gasteiger partial charge in [-0.25, -0.2) is 0 Å². The Bertz CT molecular complexity index is 207. The number of hydrogen-bond acceptors (Lipinski definition) is 3. The fourth-order valence-corrected chi connectivity index (χ4v) is 0.688. The Morgan fingerprint density at radius 1 is 1.60 bits per heavy atom. The first-order valence-corrected chi connectivity index (χ1v) is 3.54. The fourth-order valence-electron chi connectivity index (χ4n) is 0.688. The summed E-state index contributed by atoms with van der Waals surface area (Å²) in [5.41, 5.74) is 0. The summed E-state index contributed by atoms with van der Waals surface area (Å²) in [5.74, 6) is 1.86. The molecule has 0 aliphatic heterocycles. The highest BCUT2D eigenvalue weighted by atomic mass is 16.5. The summed E-state index contributed by atoms with van der Waals surface area (Å²) in [7, 11) is 0. The molecule has 10 heavy (non-hydrogen) atoms. The molecule has 56 valence electrons. The van der Waals surface area contributed by atoms with Crippen LogP contribution in [-0.2, 0) is 0 Å². The summed E-state index contributed by atoms with van der Waals surface area (Å²) in [4.78, 5) is 4.10. The number of aromatic nitrogens is 2. The maximum Gasteiger partial charge on any atom is 0.229 e. The maximum absolute atomic E-state index is 4.96. The van der Waals surface area contributed by atoms with E-state index in [2.05, 4.69) is 24.0 Å². The smallest absolute Gasteiger partial charge is 0.229 e. The van der Waals surface area contributed by atoms with Gasteiger partial charge >= 0.3 is 0 Å². The maximum atomic E-state index is 4.96. The minimum absolute atomic E-state index is 0.390. The molecule has 3 heteroatoms. The molecule has 0 aliphatic rings. The van der Waals surface area contributed by atoms with Crippen molar-refractivity contribution in [1.29, 1.82) is 0 Å². The molecule has 1 aromatic heterocycles. The van der Waals surface area contributed by atoms with Crippen molar-refractivity contribution < 1.29 is 4.52 Å². The molecule has 0 amide bonds. The molecule has 1 heterocycles. The van der Waals surface area contributed by atoms with Crippen LogP contribution in [-0.4, -0.2) is 10.1 Å². The van der Waals surface area contributed by atoms with Crippen molar-refractivity contribution in [2.75, 3.05) is 0 Å². The molecule has 0 fully saturated rings. The Morgan fingerprint density at radius 3 is 2.70 bits per heavy atom. The van der Waals surface area contributed by atoms with Gasteiger partial charge in [-0.15, -0.1) is 0 Å². The monoisotopic (exact) mass is 140 g/mol. The van der Waals surface area contributed by atoms with Gasteiger partial charge in [-0.2, -0.15) is 4.98 Å². The van der Waals surface area contributed by atoms with Gasteiger partial charge < -0.3 is 4.52 Å². The average molecular weight is 140 g/mol. The van der Waals surface area contributed by atoms with E-state index in [1.807, 2.05) is 6.92 Å². The molecule has 0 saturated carbocycles. The lowest BCUT2D eigenvalue weighted by Gasteiger charge is -1.97. The molecule has 1 unspecified atom stereocenters. The molecule has 0 spiro atoms. The molecule has 0 radical (unpaired) electrons. The van der Waals surface area contributed by atoms with Crippen molar-refractivity contribution in [3.63, 3.8) is 0 Å². The molecule has 1 aromatic rings. The Morgan fingerprint density at radius 2 is 2.30 bits per heavy atom. The van der Waals surface area contributed by atoms with Crippen LogP contribution < -0.4 is 0 Å². The minimum Gasteiger partial charge on any atom is -0.339 e. The first kappa shape index (κ1) is 7.25. The van der Waals surface area contributed by atoms with Gasteiger partial charge in [-0.3, -0.25) is 0 Å². The van der Waals surface area contributed by atoms with E-state index in [4.69, 9.17) is 4.52 Å². The van der Waals surface area contributed by atoms with Crippen molar-refractivity contribution in [2.24, 2.45) is 0 Å². The van der Waals surface area contributed by atoms with Crippen LogP contribution in [0.2, 0.25) is 0 Å². The molecule has 0 bridgehead atoms. The Balaban J connectivity index is 2.74. The van der Waals surface area contributed by atoms with Crippen LogP contribution in [0.5, 0.6) is 0 Å². The van der Waals surface area contributed by atoms with E-state index < -0.39 is 0 Å². The lowest BCUT2D eigenvalue weighted by molar-refractivity contribution is 0.354. The Hall–Kier alpha value is -0.860. The summed E-state index contributed by atoms with van der Waals surface area (Å²) in [5, 5.41) is 3.70. The van der Waals surface area contributed by atoms with E-state index in [0.29, 0.717) is 5.92 Å². The standard InChI is InChI=1S/C7H12N2O/c1-4-5(2)7-8-6(3)9-10-7/h5H,4H2,1-3H3. The second-order valence-corrected chi connectivity index (χ2v) is 2.49. The van der Waals surface area contributed by atoms with Crippen LogP contribution in [0.15, 0.2) is 4.52 Å². The van der Waals surface area contributed by atoms with Crippen LogP contribution in [0, 0.1) is 6.92 Å². The highest BCUT2D eigenvalue weighted by Crippen LogP contribution is 2.15.